The molecule has 0 spiro atoms. The standard InChI is InChI=1S/C46H66F3N3O11/c1-13-36-46(8,57)41(55)26(4)38(51-50-23-29-14-16-31(58-11)17-15-29)24(2)22-45(7,59-12)42(63-44-39(54)35(52(9)10)18-25(3)60-44)27(5)40(28(6)43(56)61-36)62-37(53)20-30-19-33(48)34(49)21-32(30)47/h14-17,19,21,23-28,35-36,39-42,44,54-55,57H,13,18,20,22H2,1-12H3/b50-23+,51-38+/t24-,25?,26+,27+,28-,35?,36-,39?,40+,41-,42-,44?,45-,46-/m1/s1. The number of ether oxygens (including phenoxy) is 6. The van der Waals surface area contributed by atoms with Crippen LogP contribution in [0.5, 0.6) is 5.75 Å². The third kappa shape index (κ3) is 12.2. The summed E-state index contributed by atoms with van der Waals surface area (Å²) in [6, 6.07) is 7.59. The molecule has 2 heterocycles. The van der Waals surface area contributed by atoms with Crippen LogP contribution < -0.4 is 4.74 Å². The number of cyclic esters (lactones) is 1. The molecule has 63 heavy (non-hydrogen) atoms. The number of carbonyl (C=O) groups excluding carboxylic acids is 2. The van der Waals surface area contributed by atoms with Crippen molar-refractivity contribution in [1.29, 1.82) is 0 Å². The van der Waals surface area contributed by atoms with Crippen LogP contribution in [0.2, 0.25) is 0 Å². The Morgan fingerprint density at radius 1 is 0.984 bits per heavy atom. The lowest BCUT2D eigenvalue weighted by atomic mass is 9.73. The van der Waals surface area contributed by atoms with Gasteiger partial charge in [-0.2, -0.15) is 10.2 Å². The van der Waals surface area contributed by atoms with Crippen molar-refractivity contribution >= 4 is 23.9 Å². The highest BCUT2D eigenvalue weighted by Gasteiger charge is 2.52. The molecule has 2 aliphatic rings. The van der Waals surface area contributed by atoms with Gasteiger partial charge in [-0.3, -0.25) is 9.59 Å². The van der Waals surface area contributed by atoms with Crippen LogP contribution in [-0.4, -0.2) is 133 Å². The van der Waals surface area contributed by atoms with Crippen molar-refractivity contribution in [3.8, 4) is 5.75 Å². The van der Waals surface area contributed by atoms with E-state index in [2.05, 4.69) is 10.2 Å². The average Bonchev–Trinajstić information content (AvgIpc) is 3.23. The zero-order valence-corrected chi connectivity index (χ0v) is 38.4. The third-order valence-corrected chi connectivity index (χ3v) is 12.7. The molecule has 17 heteroatoms. The molecule has 14 atom stereocenters. The maximum Gasteiger partial charge on any atom is 0.312 e. The van der Waals surface area contributed by atoms with Crippen LogP contribution >= 0.6 is 0 Å². The minimum atomic E-state index is -2.06. The Kier molecular flexibility index (Phi) is 17.9. The van der Waals surface area contributed by atoms with E-state index in [1.165, 1.54) is 27.2 Å². The summed E-state index contributed by atoms with van der Waals surface area (Å²) in [7, 11) is 6.64. The first-order valence-corrected chi connectivity index (χ1v) is 21.4. The molecule has 2 saturated heterocycles. The Balaban J connectivity index is 1.91. The summed E-state index contributed by atoms with van der Waals surface area (Å²) in [4.78, 5) is 29.9. The van der Waals surface area contributed by atoms with E-state index < -0.39 is 119 Å². The monoisotopic (exact) mass is 893 g/mol. The zero-order valence-electron chi connectivity index (χ0n) is 38.4. The molecule has 352 valence electrons. The highest BCUT2D eigenvalue weighted by Crippen LogP contribution is 2.40. The van der Waals surface area contributed by atoms with Crippen LogP contribution in [0, 0.1) is 41.1 Å². The minimum absolute atomic E-state index is 0.0535. The van der Waals surface area contributed by atoms with Crippen LogP contribution in [-0.2, 0) is 39.7 Å². The lowest BCUT2D eigenvalue weighted by molar-refractivity contribution is -0.301. The van der Waals surface area contributed by atoms with Gasteiger partial charge in [0.2, 0.25) is 0 Å². The van der Waals surface area contributed by atoms with Crippen molar-refractivity contribution in [3.63, 3.8) is 0 Å². The quantitative estimate of drug-likeness (QED) is 0.110. The van der Waals surface area contributed by atoms with E-state index in [9.17, 15) is 38.1 Å². The zero-order chi connectivity index (χ0) is 47.1. The van der Waals surface area contributed by atoms with Gasteiger partial charge >= 0.3 is 11.9 Å². The van der Waals surface area contributed by atoms with E-state index in [0.717, 1.165) is 0 Å². The van der Waals surface area contributed by atoms with Crippen molar-refractivity contribution in [2.45, 2.75) is 141 Å². The first-order valence-electron chi connectivity index (χ1n) is 21.4. The Morgan fingerprint density at radius 3 is 2.21 bits per heavy atom. The minimum Gasteiger partial charge on any atom is -0.497 e. The SMILES string of the molecule is CC[C@H]1OC(=O)[C@H](C)[C@@H](OC(=O)Cc2cc(F)c(F)cc2F)[C@H](C)[C@@H](OC2OC(C)CC(N(C)C)C2O)[C@](C)(OC)C[C@@H](C)/C(=N\N=C\c2ccc(OC)cc2)[C@H](C)[C@@H](O)[C@]1(C)O. The van der Waals surface area contributed by atoms with Gasteiger partial charge in [0.25, 0.3) is 0 Å². The number of esters is 2. The molecule has 0 bridgehead atoms. The van der Waals surface area contributed by atoms with Gasteiger partial charge in [0, 0.05) is 42.3 Å². The Labute approximate surface area is 368 Å². The topological polar surface area (TPSA) is 178 Å². The summed E-state index contributed by atoms with van der Waals surface area (Å²) in [6.07, 6.45) is -6.98. The maximum atomic E-state index is 14.8. The molecule has 3 N–H and O–H groups in total. The summed E-state index contributed by atoms with van der Waals surface area (Å²) in [5, 5.41) is 44.7. The molecule has 2 fully saturated rings. The molecular weight excluding hydrogens is 828 g/mol. The number of halogens is 3. The molecule has 0 aromatic heterocycles. The number of likely N-dealkylation sites (N-methyl/N-ethyl adjacent to an activating group) is 1. The second-order valence-corrected chi connectivity index (χ2v) is 17.7. The van der Waals surface area contributed by atoms with Crippen molar-refractivity contribution in [1.82, 2.24) is 4.90 Å². The highest BCUT2D eigenvalue weighted by atomic mass is 19.2. The highest BCUT2D eigenvalue weighted by molar-refractivity contribution is 5.90. The van der Waals surface area contributed by atoms with E-state index in [-0.39, 0.29) is 18.9 Å². The molecule has 14 nitrogen and oxygen atoms in total. The molecule has 2 aliphatic heterocycles. The number of hydrogen-bond acceptors (Lipinski definition) is 14. The molecule has 4 unspecified atom stereocenters. The number of nitrogens with zero attached hydrogens (tertiary/aromatic N) is 3. The molecule has 0 amide bonds. The van der Waals surface area contributed by atoms with E-state index in [1.807, 2.05) is 32.8 Å². The summed E-state index contributed by atoms with van der Waals surface area (Å²) in [5.74, 6) is -9.18. The number of aliphatic hydroxyl groups excluding tert-OH is 2. The predicted molar refractivity (Wildman–Crippen MR) is 229 cm³/mol. The first-order chi connectivity index (χ1) is 29.5. The van der Waals surface area contributed by atoms with E-state index in [4.69, 9.17) is 28.4 Å². The van der Waals surface area contributed by atoms with Crippen LogP contribution in [0.15, 0.2) is 46.6 Å². The summed E-state index contributed by atoms with van der Waals surface area (Å²) < 4.78 is 79.5. The van der Waals surface area contributed by atoms with Gasteiger partial charge in [-0.15, -0.1) is 0 Å². The van der Waals surface area contributed by atoms with E-state index >= 15 is 0 Å². The van der Waals surface area contributed by atoms with Gasteiger partial charge in [0.15, 0.2) is 17.9 Å². The predicted octanol–water partition coefficient (Wildman–Crippen LogP) is 5.64. The fourth-order valence-corrected chi connectivity index (χ4v) is 8.88. The molecule has 0 radical (unpaired) electrons. The van der Waals surface area contributed by atoms with Crippen molar-refractivity contribution < 1.29 is 66.5 Å². The fraction of sp³-hybridized carbons (Fsp3) is 0.652. The van der Waals surface area contributed by atoms with Crippen molar-refractivity contribution in [3.05, 3.63) is 65.0 Å². The van der Waals surface area contributed by atoms with Crippen LogP contribution in [0.3, 0.4) is 0 Å². The summed E-state index contributed by atoms with van der Waals surface area (Å²) in [6.45, 7) is 13.2. The number of carbonyl (C=O) groups is 2. The first kappa shape index (κ1) is 51.7. The number of methoxy groups -OCH3 is 2. The van der Waals surface area contributed by atoms with Crippen LogP contribution in [0.4, 0.5) is 13.2 Å². The smallest absolute Gasteiger partial charge is 0.312 e. The number of aliphatic hydroxyl groups is 3. The van der Waals surface area contributed by atoms with Gasteiger partial charge in [0.1, 0.15) is 35.5 Å². The van der Waals surface area contributed by atoms with Gasteiger partial charge in [-0.05, 0) is 103 Å². The molecule has 2 aromatic carbocycles. The largest absolute Gasteiger partial charge is 0.497 e. The van der Waals surface area contributed by atoms with Crippen molar-refractivity contribution in [2.75, 3.05) is 28.3 Å². The van der Waals surface area contributed by atoms with Gasteiger partial charge < -0.3 is 48.6 Å². The van der Waals surface area contributed by atoms with Gasteiger partial charge in [0.05, 0.1) is 49.6 Å². The molecule has 4 rings (SSSR count). The molecule has 0 saturated carbocycles. The Bertz CT molecular complexity index is 1920. The third-order valence-electron chi connectivity index (χ3n) is 12.7. The number of rotatable bonds is 11. The fourth-order valence-electron chi connectivity index (χ4n) is 8.88. The second-order valence-electron chi connectivity index (χ2n) is 17.7. The number of hydrogen-bond donors (Lipinski definition) is 3. The van der Waals surface area contributed by atoms with E-state index in [1.54, 1.807) is 59.1 Å². The second kappa shape index (κ2) is 21.8. The summed E-state index contributed by atoms with van der Waals surface area (Å²) in [5.41, 5.74) is -2.89. The average molecular weight is 894 g/mol. The number of benzene rings is 2. The normalized spacial score (nSPS) is 35.7. The maximum absolute atomic E-state index is 14.8. The Morgan fingerprint density at radius 2 is 1.62 bits per heavy atom. The molecular formula is C46H66F3N3O11. The van der Waals surface area contributed by atoms with Crippen LogP contribution in [0.25, 0.3) is 0 Å². The molecule has 2 aromatic rings. The van der Waals surface area contributed by atoms with E-state index in [0.29, 0.717) is 35.6 Å². The van der Waals surface area contributed by atoms with Gasteiger partial charge in [-0.1, -0.05) is 27.7 Å². The Hall–Kier alpha value is -3.97. The van der Waals surface area contributed by atoms with Crippen LogP contribution in [0.1, 0.15) is 85.8 Å². The lowest BCUT2D eigenvalue weighted by Gasteiger charge is -2.48. The molecule has 0 aliphatic carbocycles. The van der Waals surface area contributed by atoms with Gasteiger partial charge in [-0.25, -0.2) is 13.2 Å². The summed E-state index contributed by atoms with van der Waals surface area (Å²) >= 11 is 0. The lowest BCUT2D eigenvalue weighted by Crippen LogP contribution is -2.60. The van der Waals surface area contributed by atoms with Crippen molar-refractivity contribution in [2.24, 2.45) is 33.9 Å².